The van der Waals surface area contributed by atoms with E-state index in [2.05, 4.69) is 5.32 Å². The molecule has 0 unspecified atom stereocenters. The van der Waals surface area contributed by atoms with Crippen LogP contribution in [0.25, 0.3) is 0 Å². The first-order valence-corrected chi connectivity index (χ1v) is 11.0. The zero-order valence-electron chi connectivity index (χ0n) is 16.0. The van der Waals surface area contributed by atoms with Crippen LogP contribution in [-0.2, 0) is 21.0 Å². The third-order valence-electron chi connectivity index (χ3n) is 4.99. The van der Waals surface area contributed by atoms with Crippen LogP contribution < -0.4 is 5.32 Å². The van der Waals surface area contributed by atoms with Crippen molar-refractivity contribution >= 4 is 33.2 Å². The number of halogens is 4. The molecule has 0 saturated carbocycles. The summed E-state index contributed by atoms with van der Waals surface area (Å²) >= 11 is 5.58. The molecule has 1 aliphatic heterocycles. The lowest BCUT2D eigenvalue weighted by Gasteiger charge is -2.30. The van der Waals surface area contributed by atoms with Gasteiger partial charge in [-0.15, -0.1) is 0 Å². The van der Waals surface area contributed by atoms with Gasteiger partial charge in [-0.1, -0.05) is 23.7 Å². The molecule has 0 aromatic heterocycles. The number of hydrogen-bond acceptors (Lipinski definition) is 4. The summed E-state index contributed by atoms with van der Waals surface area (Å²) in [5, 5.41) is 11.1. The first-order valence-electron chi connectivity index (χ1n) is 9.21. The third-order valence-corrected chi connectivity index (χ3v) is 7.28. The molecule has 0 spiro atoms. The molecule has 0 atom stereocenters. The lowest BCUT2D eigenvalue weighted by Crippen LogP contribution is -2.41. The Morgan fingerprint density at radius 2 is 1.81 bits per heavy atom. The summed E-state index contributed by atoms with van der Waals surface area (Å²) in [4.78, 5) is 12.4. The van der Waals surface area contributed by atoms with Crippen molar-refractivity contribution in [3.8, 4) is 6.07 Å². The van der Waals surface area contributed by atoms with Crippen LogP contribution in [0.1, 0.15) is 24.0 Å². The van der Waals surface area contributed by atoms with E-state index in [4.69, 9.17) is 16.9 Å². The zero-order valence-corrected chi connectivity index (χ0v) is 17.6. The van der Waals surface area contributed by atoms with E-state index in [1.54, 1.807) is 6.07 Å². The molecule has 0 aliphatic carbocycles. The quantitative estimate of drug-likeness (QED) is 0.721. The lowest BCUT2D eigenvalue weighted by atomic mass is 9.97. The van der Waals surface area contributed by atoms with E-state index in [-0.39, 0.29) is 42.1 Å². The molecule has 1 N–H and O–H groups in total. The van der Waals surface area contributed by atoms with Crippen molar-refractivity contribution in [1.29, 1.82) is 5.26 Å². The third kappa shape index (κ3) is 5.01. The number of nitriles is 1. The van der Waals surface area contributed by atoms with Gasteiger partial charge in [0.05, 0.1) is 21.0 Å². The second-order valence-corrected chi connectivity index (χ2v) is 9.28. The molecule has 11 heteroatoms. The Morgan fingerprint density at radius 1 is 1.16 bits per heavy atom. The summed E-state index contributed by atoms with van der Waals surface area (Å²) in [6.07, 6.45) is -4.27. The predicted octanol–water partition coefficient (Wildman–Crippen LogP) is 4.27. The second-order valence-electron chi connectivity index (χ2n) is 6.97. The van der Waals surface area contributed by atoms with Gasteiger partial charge in [0.2, 0.25) is 15.9 Å². The van der Waals surface area contributed by atoms with Crippen molar-refractivity contribution in [2.75, 3.05) is 18.4 Å². The highest BCUT2D eigenvalue weighted by atomic mass is 35.5. The molecular formula is C20H17ClF3N3O3S. The average Bonchev–Trinajstić information content (AvgIpc) is 2.74. The summed E-state index contributed by atoms with van der Waals surface area (Å²) in [7, 11) is -3.90. The first kappa shape index (κ1) is 23.1. The van der Waals surface area contributed by atoms with Gasteiger partial charge in [-0.2, -0.15) is 22.7 Å². The predicted molar refractivity (Wildman–Crippen MR) is 108 cm³/mol. The number of carbonyl (C=O) groups is 1. The van der Waals surface area contributed by atoms with Crippen molar-refractivity contribution in [3.63, 3.8) is 0 Å². The molecule has 2 aromatic rings. The highest BCUT2D eigenvalue weighted by Crippen LogP contribution is 2.36. The van der Waals surface area contributed by atoms with Gasteiger partial charge in [0.1, 0.15) is 6.07 Å². The van der Waals surface area contributed by atoms with Crippen LogP contribution in [0, 0.1) is 17.2 Å². The Hall–Kier alpha value is -2.61. The van der Waals surface area contributed by atoms with Crippen LogP contribution in [0.2, 0.25) is 5.02 Å². The fourth-order valence-electron chi connectivity index (χ4n) is 3.35. The maximum absolute atomic E-state index is 13.0. The molecule has 1 saturated heterocycles. The zero-order chi connectivity index (χ0) is 22.8. The Morgan fingerprint density at radius 3 is 2.42 bits per heavy atom. The molecule has 1 fully saturated rings. The number of carbonyl (C=O) groups excluding carboxylic acids is 1. The number of alkyl halides is 3. The largest absolute Gasteiger partial charge is 0.417 e. The molecule has 6 nitrogen and oxygen atoms in total. The van der Waals surface area contributed by atoms with E-state index in [1.165, 1.54) is 28.6 Å². The number of nitrogens with one attached hydrogen (secondary N) is 1. The molecule has 164 valence electrons. The highest BCUT2D eigenvalue weighted by molar-refractivity contribution is 7.89. The van der Waals surface area contributed by atoms with Crippen LogP contribution in [-0.4, -0.2) is 31.7 Å². The van der Waals surface area contributed by atoms with Crippen molar-refractivity contribution < 1.29 is 26.4 Å². The van der Waals surface area contributed by atoms with Gasteiger partial charge in [0, 0.05) is 24.7 Å². The number of benzene rings is 2. The van der Waals surface area contributed by atoms with Gasteiger partial charge < -0.3 is 5.32 Å². The van der Waals surface area contributed by atoms with Gasteiger partial charge in [-0.05, 0) is 43.2 Å². The standard InChI is InChI=1S/C20H17ClF3N3O3S/c21-17-6-5-15(11-16(17)20(22,23)24)26-19(28)13-7-9-27(10-8-13)31(29,30)18-4-2-1-3-14(18)12-25/h1-6,11,13H,7-10H2,(H,26,28). The van der Waals surface area contributed by atoms with Crippen molar-refractivity contribution in [2.24, 2.45) is 5.92 Å². The minimum atomic E-state index is -4.66. The van der Waals surface area contributed by atoms with Crippen LogP contribution in [0.5, 0.6) is 0 Å². The topological polar surface area (TPSA) is 90.3 Å². The molecule has 31 heavy (non-hydrogen) atoms. The van der Waals surface area contributed by atoms with Crippen molar-refractivity contribution in [1.82, 2.24) is 4.31 Å². The molecule has 0 radical (unpaired) electrons. The second kappa shape index (κ2) is 8.86. The summed E-state index contributed by atoms with van der Waals surface area (Å²) in [5.41, 5.74) is -1.06. The summed E-state index contributed by atoms with van der Waals surface area (Å²) < 4.78 is 65.9. The SMILES string of the molecule is N#Cc1ccccc1S(=O)(=O)N1CCC(C(=O)Nc2ccc(Cl)c(C(F)(F)F)c2)CC1. The molecule has 1 amide bonds. The number of hydrogen-bond donors (Lipinski definition) is 1. The lowest BCUT2D eigenvalue weighted by molar-refractivity contribution is -0.137. The Kier molecular flexibility index (Phi) is 6.59. The number of sulfonamides is 1. The summed E-state index contributed by atoms with van der Waals surface area (Å²) in [5.74, 6) is -1.06. The number of nitrogens with zero attached hydrogens (tertiary/aromatic N) is 2. The van der Waals surface area contributed by atoms with E-state index >= 15 is 0 Å². The van der Waals surface area contributed by atoms with E-state index in [1.807, 2.05) is 6.07 Å². The first-order chi connectivity index (χ1) is 14.5. The molecule has 3 rings (SSSR count). The minimum absolute atomic E-state index is 0.0329. The Labute approximate surface area is 182 Å². The number of piperidine rings is 1. The smallest absolute Gasteiger partial charge is 0.326 e. The van der Waals surface area contributed by atoms with Crippen LogP contribution in [0.4, 0.5) is 18.9 Å². The Balaban J connectivity index is 1.67. The van der Waals surface area contributed by atoms with Gasteiger partial charge in [0.15, 0.2) is 0 Å². The number of amides is 1. The maximum Gasteiger partial charge on any atom is 0.417 e. The molecular weight excluding hydrogens is 455 g/mol. The average molecular weight is 472 g/mol. The van der Waals surface area contributed by atoms with Gasteiger partial charge in [-0.25, -0.2) is 8.42 Å². The number of rotatable bonds is 4. The van der Waals surface area contributed by atoms with Gasteiger partial charge in [-0.3, -0.25) is 4.79 Å². The van der Waals surface area contributed by atoms with E-state index in [0.29, 0.717) is 0 Å². The van der Waals surface area contributed by atoms with E-state index < -0.39 is 38.6 Å². The molecule has 0 bridgehead atoms. The van der Waals surface area contributed by atoms with E-state index in [0.717, 1.165) is 12.1 Å². The minimum Gasteiger partial charge on any atom is -0.326 e. The maximum atomic E-state index is 13.0. The molecule has 1 aliphatic rings. The van der Waals surface area contributed by atoms with Crippen molar-refractivity contribution in [2.45, 2.75) is 23.9 Å². The normalized spacial score (nSPS) is 16.0. The number of anilines is 1. The summed E-state index contributed by atoms with van der Waals surface area (Å²) in [6, 6.07) is 10.8. The highest BCUT2D eigenvalue weighted by Gasteiger charge is 2.35. The fraction of sp³-hybridized carbons (Fsp3) is 0.300. The van der Waals surface area contributed by atoms with Gasteiger partial charge in [0.25, 0.3) is 0 Å². The van der Waals surface area contributed by atoms with Gasteiger partial charge >= 0.3 is 6.18 Å². The molecule has 1 heterocycles. The molecule has 2 aromatic carbocycles. The Bertz CT molecular complexity index is 1140. The van der Waals surface area contributed by atoms with Crippen LogP contribution in [0.3, 0.4) is 0 Å². The van der Waals surface area contributed by atoms with Crippen LogP contribution >= 0.6 is 11.6 Å². The summed E-state index contributed by atoms with van der Waals surface area (Å²) in [6.45, 7) is 0.100. The monoisotopic (exact) mass is 471 g/mol. The van der Waals surface area contributed by atoms with E-state index in [9.17, 15) is 26.4 Å². The van der Waals surface area contributed by atoms with Crippen molar-refractivity contribution in [3.05, 3.63) is 58.6 Å². The van der Waals surface area contributed by atoms with Crippen LogP contribution in [0.15, 0.2) is 47.4 Å². The fourth-order valence-corrected chi connectivity index (χ4v) is 5.18.